The van der Waals surface area contributed by atoms with Crippen LogP contribution in [0.2, 0.25) is 0 Å². The van der Waals surface area contributed by atoms with Crippen LogP contribution in [0.1, 0.15) is 11.1 Å². The van der Waals surface area contributed by atoms with Gasteiger partial charge >= 0.3 is 10.2 Å². The Bertz CT molecular complexity index is 735. The maximum Gasteiger partial charge on any atom is 0.301 e. The third kappa shape index (κ3) is 3.75. The van der Waals surface area contributed by atoms with Gasteiger partial charge in [-0.15, -0.1) is 0 Å². The van der Waals surface area contributed by atoms with Gasteiger partial charge in [0.1, 0.15) is 5.82 Å². The molecular formula is C15H20N4O2S. The summed E-state index contributed by atoms with van der Waals surface area (Å²) in [5, 5.41) is 3.25. The predicted molar refractivity (Wildman–Crippen MR) is 89.7 cm³/mol. The molecule has 0 amide bonds. The molecule has 0 aliphatic heterocycles. The molecule has 0 spiro atoms. The van der Waals surface area contributed by atoms with E-state index in [-0.39, 0.29) is 0 Å². The van der Waals surface area contributed by atoms with E-state index in [1.807, 2.05) is 32.0 Å². The SMILES string of the molecule is Cc1cccc(C)c1Nc1ccc(NS(=O)(=O)N(C)C)cn1. The molecule has 1 aromatic heterocycles. The largest absolute Gasteiger partial charge is 0.340 e. The van der Waals surface area contributed by atoms with Crippen LogP contribution in [0.3, 0.4) is 0 Å². The summed E-state index contributed by atoms with van der Waals surface area (Å²) in [5.41, 5.74) is 3.68. The van der Waals surface area contributed by atoms with Gasteiger partial charge in [-0.05, 0) is 37.1 Å². The quantitative estimate of drug-likeness (QED) is 0.888. The number of aryl methyl sites for hydroxylation is 2. The molecule has 1 aromatic carbocycles. The highest BCUT2D eigenvalue weighted by Crippen LogP contribution is 2.23. The molecule has 2 N–H and O–H groups in total. The number of aromatic nitrogens is 1. The average Bonchev–Trinajstić information content (AvgIpc) is 2.44. The van der Waals surface area contributed by atoms with Crippen LogP contribution in [0, 0.1) is 13.8 Å². The standard InChI is InChI=1S/C15H20N4O2S/c1-11-6-5-7-12(2)15(11)17-14-9-8-13(10-16-14)18-22(20,21)19(3)4/h5-10,18H,1-4H3,(H,16,17). The maximum atomic E-state index is 11.7. The molecule has 2 aromatic rings. The minimum absolute atomic E-state index is 0.417. The third-order valence-electron chi connectivity index (χ3n) is 3.23. The van der Waals surface area contributed by atoms with E-state index in [2.05, 4.69) is 15.0 Å². The summed E-state index contributed by atoms with van der Waals surface area (Å²) in [6.07, 6.45) is 1.48. The molecule has 0 unspecified atom stereocenters. The number of benzene rings is 1. The van der Waals surface area contributed by atoms with Gasteiger partial charge < -0.3 is 5.32 Å². The molecular weight excluding hydrogens is 300 g/mol. The first kappa shape index (κ1) is 16.3. The molecule has 1 heterocycles. The molecule has 118 valence electrons. The van der Waals surface area contributed by atoms with E-state index >= 15 is 0 Å². The predicted octanol–water partition coefficient (Wildman–Crippen LogP) is 2.66. The van der Waals surface area contributed by atoms with Gasteiger partial charge in [0.2, 0.25) is 0 Å². The van der Waals surface area contributed by atoms with Crippen molar-refractivity contribution in [3.05, 3.63) is 47.7 Å². The van der Waals surface area contributed by atoms with Crippen molar-refractivity contribution in [3.63, 3.8) is 0 Å². The van der Waals surface area contributed by atoms with Crippen molar-refractivity contribution in [3.8, 4) is 0 Å². The van der Waals surface area contributed by atoms with Crippen molar-refractivity contribution in [1.29, 1.82) is 0 Å². The van der Waals surface area contributed by atoms with Crippen LogP contribution >= 0.6 is 0 Å². The normalized spacial score (nSPS) is 11.5. The molecule has 0 saturated heterocycles. The van der Waals surface area contributed by atoms with Gasteiger partial charge in [-0.2, -0.15) is 12.7 Å². The molecule has 2 rings (SSSR count). The maximum absolute atomic E-state index is 11.7. The van der Waals surface area contributed by atoms with Crippen LogP contribution in [0.25, 0.3) is 0 Å². The zero-order chi connectivity index (χ0) is 16.3. The van der Waals surface area contributed by atoms with Gasteiger partial charge in [-0.1, -0.05) is 18.2 Å². The molecule has 7 heteroatoms. The van der Waals surface area contributed by atoms with Crippen LogP contribution in [0.4, 0.5) is 17.2 Å². The highest BCUT2D eigenvalue weighted by atomic mass is 32.2. The lowest BCUT2D eigenvalue weighted by Gasteiger charge is -2.14. The lowest BCUT2D eigenvalue weighted by Crippen LogP contribution is -2.28. The Hall–Kier alpha value is -2.12. The Kier molecular flexibility index (Phi) is 4.68. The molecule has 0 atom stereocenters. The number of hydrogen-bond acceptors (Lipinski definition) is 4. The first-order valence-electron chi connectivity index (χ1n) is 6.79. The van der Waals surface area contributed by atoms with Crippen LogP contribution in [-0.4, -0.2) is 31.8 Å². The first-order chi connectivity index (χ1) is 10.3. The number of hydrogen-bond donors (Lipinski definition) is 2. The van der Waals surface area contributed by atoms with E-state index < -0.39 is 10.2 Å². The summed E-state index contributed by atoms with van der Waals surface area (Å²) in [6, 6.07) is 9.45. The fourth-order valence-corrected chi connectivity index (χ4v) is 2.51. The van der Waals surface area contributed by atoms with Gasteiger partial charge in [0.25, 0.3) is 0 Å². The van der Waals surface area contributed by atoms with Gasteiger partial charge in [-0.25, -0.2) is 4.98 Å². The summed E-state index contributed by atoms with van der Waals surface area (Å²) in [7, 11) is -0.584. The molecule has 22 heavy (non-hydrogen) atoms. The summed E-state index contributed by atoms with van der Waals surface area (Å²) < 4.78 is 27.0. The second-order valence-electron chi connectivity index (χ2n) is 5.21. The highest BCUT2D eigenvalue weighted by Gasteiger charge is 2.13. The van der Waals surface area contributed by atoms with Crippen LogP contribution in [0.15, 0.2) is 36.5 Å². The van der Waals surface area contributed by atoms with Crippen LogP contribution in [0.5, 0.6) is 0 Å². The smallest absolute Gasteiger partial charge is 0.301 e. The number of para-hydroxylation sites is 1. The summed E-state index contributed by atoms with van der Waals surface area (Å²) in [4.78, 5) is 4.24. The fraction of sp³-hybridized carbons (Fsp3) is 0.267. The number of rotatable bonds is 5. The molecule has 0 bridgehead atoms. The third-order valence-corrected chi connectivity index (χ3v) is 4.68. The average molecular weight is 320 g/mol. The molecule has 0 aliphatic rings. The number of nitrogens with one attached hydrogen (secondary N) is 2. The van der Waals surface area contributed by atoms with Crippen molar-refractivity contribution < 1.29 is 8.42 Å². The minimum atomic E-state index is -3.51. The Morgan fingerprint density at radius 3 is 2.18 bits per heavy atom. The van der Waals surface area contributed by atoms with Crippen molar-refractivity contribution in [1.82, 2.24) is 9.29 Å². The van der Waals surface area contributed by atoms with Crippen molar-refractivity contribution in [2.45, 2.75) is 13.8 Å². The van der Waals surface area contributed by atoms with Crippen molar-refractivity contribution >= 4 is 27.4 Å². The molecule has 0 radical (unpaired) electrons. The van der Waals surface area contributed by atoms with Crippen molar-refractivity contribution in [2.75, 3.05) is 24.1 Å². The van der Waals surface area contributed by atoms with E-state index in [0.717, 1.165) is 21.1 Å². The van der Waals surface area contributed by atoms with Gasteiger partial charge in [-0.3, -0.25) is 4.72 Å². The number of nitrogens with zero attached hydrogens (tertiary/aromatic N) is 2. The van der Waals surface area contributed by atoms with E-state index in [1.165, 1.54) is 20.3 Å². The highest BCUT2D eigenvalue weighted by molar-refractivity contribution is 7.90. The van der Waals surface area contributed by atoms with E-state index in [1.54, 1.807) is 12.1 Å². The summed E-state index contributed by atoms with van der Waals surface area (Å²) >= 11 is 0. The molecule has 0 aliphatic carbocycles. The zero-order valence-corrected chi connectivity index (χ0v) is 13.9. The second-order valence-corrected chi connectivity index (χ2v) is 7.10. The zero-order valence-electron chi connectivity index (χ0n) is 13.1. The van der Waals surface area contributed by atoms with E-state index in [4.69, 9.17) is 0 Å². The molecule has 0 saturated carbocycles. The molecule has 6 nitrogen and oxygen atoms in total. The second kappa shape index (κ2) is 6.33. The Balaban J connectivity index is 2.16. The Labute approximate surface area is 131 Å². The van der Waals surface area contributed by atoms with E-state index in [9.17, 15) is 8.42 Å². The van der Waals surface area contributed by atoms with E-state index in [0.29, 0.717) is 11.5 Å². The Morgan fingerprint density at radius 1 is 1.05 bits per heavy atom. The number of anilines is 3. The van der Waals surface area contributed by atoms with Crippen LogP contribution in [-0.2, 0) is 10.2 Å². The van der Waals surface area contributed by atoms with Gasteiger partial charge in [0.15, 0.2) is 0 Å². The monoisotopic (exact) mass is 320 g/mol. The molecule has 0 fully saturated rings. The fourth-order valence-electron chi connectivity index (χ4n) is 1.91. The van der Waals surface area contributed by atoms with Gasteiger partial charge in [0.05, 0.1) is 11.9 Å². The number of pyridine rings is 1. The summed E-state index contributed by atoms with van der Waals surface area (Å²) in [5.74, 6) is 0.658. The van der Waals surface area contributed by atoms with Crippen LogP contribution < -0.4 is 10.0 Å². The lowest BCUT2D eigenvalue weighted by atomic mass is 10.1. The van der Waals surface area contributed by atoms with Gasteiger partial charge in [0, 0.05) is 19.8 Å². The van der Waals surface area contributed by atoms with Crippen molar-refractivity contribution in [2.24, 2.45) is 0 Å². The lowest BCUT2D eigenvalue weighted by molar-refractivity contribution is 0.527. The Morgan fingerprint density at radius 2 is 1.68 bits per heavy atom. The topological polar surface area (TPSA) is 74.3 Å². The first-order valence-corrected chi connectivity index (χ1v) is 8.23. The summed E-state index contributed by atoms with van der Waals surface area (Å²) in [6.45, 7) is 4.05. The minimum Gasteiger partial charge on any atom is -0.340 e.